The lowest BCUT2D eigenvalue weighted by molar-refractivity contribution is 0.221. The summed E-state index contributed by atoms with van der Waals surface area (Å²) >= 11 is 0. The van der Waals surface area contributed by atoms with E-state index < -0.39 is 0 Å². The molecule has 21 heavy (non-hydrogen) atoms. The maximum absolute atomic E-state index is 4.58. The molecule has 0 amide bonds. The fraction of sp³-hybridized carbons (Fsp3) is 0.833. The summed E-state index contributed by atoms with van der Waals surface area (Å²) in [5.74, 6) is 0.700. The normalized spacial score (nSPS) is 15.2. The second-order valence-electron chi connectivity index (χ2n) is 7.46. The summed E-state index contributed by atoms with van der Waals surface area (Å²) in [5.41, 5.74) is 2.92. The predicted molar refractivity (Wildman–Crippen MR) is 91.6 cm³/mol. The summed E-state index contributed by atoms with van der Waals surface area (Å²) < 4.78 is 2.06. The Hall–Kier alpha value is -0.830. The molecule has 3 heteroatoms. The van der Waals surface area contributed by atoms with Crippen molar-refractivity contribution in [2.24, 2.45) is 18.4 Å². The van der Waals surface area contributed by atoms with Crippen LogP contribution in [0.5, 0.6) is 0 Å². The fourth-order valence-corrected chi connectivity index (χ4v) is 2.56. The van der Waals surface area contributed by atoms with Gasteiger partial charge in [-0.05, 0) is 43.2 Å². The number of aryl methyl sites for hydroxylation is 2. The van der Waals surface area contributed by atoms with Gasteiger partial charge in [0, 0.05) is 25.2 Å². The molecule has 1 aromatic heterocycles. The third kappa shape index (κ3) is 5.82. The zero-order valence-corrected chi connectivity index (χ0v) is 15.2. The van der Waals surface area contributed by atoms with Crippen LogP contribution >= 0.6 is 0 Å². The van der Waals surface area contributed by atoms with Crippen molar-refractivity contribution in [3.8, 4) is 0 Å². The Morgan fingerprint density at radius 3 is 2.43 bits per heavy atom. The quantitative estimate of drug-likeness (QED) is 0.786. The molecule has 3 nitrogen and oxygen atoms in total. The minimum absolute atomic E-state index is 0.368. The predicted octanol–water partition coefficient (Wildman–Crippen LogP) is 3.97. The Bertz CT molecular complexity index is 415. The minimum atomic E-state index is 0.368. The molecular formula is C18H35N3. The number of nitrogens with one attached hydrogen (secondary N) is 1. The van der Waals surface area contributed by atoms with Gasteiger partial charge < -0.3 is 5.32 Å². The van der Waals surface area contributed by atoms with E-state index in [1.54, 1.807) is 0 Å². The van der Waals surface area contributed by atoms with Crippen molar-refractivity contribution in [1.29, 1.82) is 0 Å². The summed E-state index contributed by atoms with van der Waals surface area (Å²) in [7, 11) is 2.07. The Morgan fingerprint density at radius 1 is 1.29 bits per heavy atom. The summed E-state index contributed by atoms with van der Waals surface area (Å²) in [6, 6.07) is 2.81. The Balaban J connectivity index is 2.75. The first-order valence-corrected chi connectivity index (χ1v) is 8.53. The molecule has 2 atom stereocenters. The van der Waals surface area contributed by atoms with Crippen molar-refractivity contribution in [3.63, 3.8) is 0 Å². The van der Waals surface area contributed by atoms with Crippen LogP contribution in [0.3, 0.4) is 0 Å². The van der Waals surface area contributed by atoms with E-state index in [-0.39, 0.29) is 0 Å². The maximum Gasteiger partial charge on any atom is 0.0624 e. The average Bonchev–Trinajstić information content (AvgIpc) is 2.75. The van der Waals surface area contributed by atoms with E-state index in [0.717, 1.165) is 19.4 Å². The molecule has 1 aromatic rings. The van der Waals surface area contributed by atoms with Crippen molar-refractivity contribution < 1.29 is 0 Å². The third-order valence-electron chi connectivity index (χ3n) is 4.64. The highest BCUT2D eigenvalue weighted by Crippen LogP contribution is 2.29. The first-order valence-electron chi connectivity index (χ1n) is 8.53. The van der Waals surface area contributed by atoms with Gasteiger partial charge in [0.05, 0.1) is 5.69 Å². The Morgan fingerprint density at radius 2 is 1.95 bits per heavy atom. The number of aromatic nitrogens is 2. The average molecular weight is 293 g/mol. The highest BCUT2D eigenvalue weighted by Gasteiger charge is 2.24. The standard InChI is InChI=1S/C18H35N3/c1-8-10-19-16(11-14(3)18(4,5)6)13-17-12-15(9-2)20-21(17)7/h12,14,16,19H,8-11,13H2,1-7H3. The van der Waals surface area contributed by atoms with E-state index in [0.29, 0.717) is 17.4 Å². The van der Waals surface area contributed by atoms with E-state index in [4.69, 9.17) is 0 Å². The molecule has 0 saturated carbocycles. The van der Waals surface area contributed by atoms with Crippen LogP contribution in [0.15, 0.2) is 6.07 Å². The molecule has 0 fully saturated rings. The molecule has 0 aliphatic carbocycles. The largest absolute Gasteiger partial charge is 0.314 e. The Labute approximate surface area is 131 Å². The first-order chi connectivity index (χ1) is 9.77. The zero-order chi connectivity index (χ0) is 16.0. The number of rotatable bonds is 8. The highest BCUT2D eigenvalue weighted by atomic mass is 15.3. The summed E-state index contributed by atoms with van der Waals surface area (Å²) in [6.45, 7) is 14.9. The molecule has 1 rings (SSSR count). The van der Waals surface area contributed by atoms with Crippen LogP contribution in [0, 0.1) is 11.3 Å². The van der Waals surface area contributed by atoms with Gasteiger partial charge in [-0.15, -0.1) is 0 Å². The van der Waals surface area contributed by atoms with Gasteiger partial charge in [-0.25, -0.2) is 0 Å². The molecule has 1 N–H and O–H groups in total. The molecule has 0 bridgehead atoms. The monoisotopic (exact) mass is 293 g/mol. The van der Waals surface area contributed by atoms with Gasteiger partial charge in [0.2, 0.25) is 0 Å². The molecule has 0 aromatic carbocycles. The second kappa shape index (κ2) is 7.98. The van der Waals surface area contributed by atoms with E-state index >= 15 is 0 Å². The zero-order valence-electron chi connectivity index (χ0n) is 15.2. The number of nitrogens with zero attached hydrogens (tertiary/aromatic N) is 2. The highest BCUT2D eigenvalue weighted by molar-refractivity contribution is 5.11. The van der Waals surface area contributed by atoms with Gasteiger partial charge in [-0.2, -0.15) is 5.10 Å². The van der Waals surface area contributed by atoms with Gasteiger partial charge in [0.15, 0.2) is 0 Å². The van der Waals surface area contributed by atoms with Crippen molar-refractivity contribution in [2.45, 2.75) is 73.3 Å². The van der Waals surface area contributed by atoms with E-state index in [1.807, 2.05) is 0 Å². The van der Waals surface area contributed by atoms with Crippen molar-refractivity contribution in [3.05, 3.63) is 17.5 Å². The number of hydrogen-bond donors (Lipinski definition) is 1. The van der Waals surface area contributed by atoms with Crippen molar-refractivity contribution >= 4 is 0 Å². The Kier molecular flexibility index (Phi) is 6.92. The van der Waals surface area contributed by atoms with Crippen LogP contribution in [0.1, 0.15) is 65.8 Å². The maximum atomic E-state index is 4.58. The van der Waals surface area contributed by atoms with Gasteiger partial charge in [0.1, 0.15) is 0 Å². The summed E-state index contributed by atoms with van der Waals surface area (Å²) in [5, 5.41) is 8.31. The summed E-state index contributed by atoms with van der Waals surface area (Å²) in [6.07, 6.45) is 4.49. The molecule has 2 unspecified atom stereocenters. The molecule has 1 heterocycles. The molecule has 0 aliphatic heterocycles. The second-order valence-corrected chi connectivity index (χ2v) is 7.46. The lowest BCUT2D eigenvalue weighted by atomic mass is 9.78. The minimum Gasteiger partial charge on any atom is -0.314 e. The van der Waals surface area contributed by atoms with Gasteiger partial charge in [-0.1, -0.05) is 41.5 Å². The molecule has 0 aliphatic rings. The van der Waals surface area contributed by atoms with Gasteiger partial charge in [-0.3, -0.25) is 4.68 Å². The van der Waals surface area contributed by atoms with Crippen LogP contribution in [0.25, 0.3) is 0 Å². The third-order valence-corrected chi connectivity index (χ3v) is 4.64. The molecule has 122 valence electrons. The molecule has 0 spiro atoms. The molecule has 0 radical (unpaired) electrons. The van der Waals surface area contributed by atoms with Crippen LogP contribution in [-0.2, 0) is 19.9 Å². The van der Waals surface area contributed by atoms with Gasteiger partial charge >= 0.3 is 0 Å². The van der Waals surface area contributed by atoms with Gasteiger partial charge in [0.25, 0.3) is 0 Å². The molecule has 0 saturated heterocycles. The van der Waals surface area contributed by atoms with Crippen molar-refractivity contribution in [1.82, 2.24) is 15.1 Å². The smallest absolute Gasteiger partial charge is 0.0624 e. The molecular weight excluding hydrogens is 258 g/mol. The topological polar surface area (TPSA) is 29.9 Å². The van der Waals surface area contributed by atoms with Crippen molar-refractivity contribution in [2.75, 3.05) is 6.54 Å². The van der Waals surface area contributed by atoms with E-state index in [2.05, 4.69) is 69.8 Å². The van der Waals surface area contributed by atoms with Crippen LogP contribution in [0.4, 0.5) is 0 Å². The van der Waals surface area contributed by atoms with E-state index in [9.17, 15) is 0 Å². The fourth-order valence-electron chi connectivity index (χ4n) is 2.56. The lowest BCUT2D eigenvalue weighted by Crippen LogP contribution is -2.36. The van der Waals surface area contributed by atoms with Crippen LogP contribution in [0.2, 0.25) is 0 Å². The SMILES string of the molecule is CCCNC(Cc1cc(CC)nn1C)CC(C)C(C)(C)C. The van der Waals surface area contributed by atoms with E-state index in [1.165, 1.54) is 24.2 Å². The van der Waals surface area contributed by atoms with Crippen LogP contribution in [-0.4, -0.2) is 22.4 Å². The van der Waals surface area contributed by atoms with Crippen LogP contribution < -0.4 is 5.32 Å². The lowest BCUT2D eigenvalue weighted by Gasteiger charge is -2.31. The first kappa shape index (κ1) is 18.2. The summed E-state index contributed by atoms with van der Waals surface area (Å²) in [4.78, 5) is 0. The number of hydrogen-bond acceptors (Lipinski definition) is 2.